The molecule has 1 fully saturated rings. The summed E-state index contributed by atoms with van der Waals surface area (Å²) in [7, 11) is 0. The molecule has 1 amide bonds. The molecule has 5 heteroatoms. The highest BCUT2D eigenvalue weighted by atomic mass is 79.9. The Morgan fingerprint density at radius 2 is 2.11 bits per heavy atom. The number of ether oxygens (including phenoxy) is 1. The third-order valence-corrected chi connectivity index (χ3v) is 4.22. The molecule has 4 nitrogen and oxygen atoms in total. The molecule has 1 unspecified atom stereocenters. The van der Waals surface area contributed by atoms with E-state index in [0.29, 0.717) is 0 Å². The molecule has 0 saturated carbocycles. The summed E-state index contributed by atoms with van der Waals surface area (Å²) in [6.45, 7) is 5.17. The fourth-order valence-corrected chi connectivity index (χ4v) is 2.17. The average Bonchev–Trinajstić information content (AvgIpc) is 2.47. The minimum Gasteiger partial charge on any atom is -0.378 e. The van der Waals surface area contributed by atoms with Gasteiger partial charge in [-0.1, -0.05) is 35.0 Å². The minimum atomic E-state index is -0.148. The van der Waals surface area contributed by atoms with E-state index in [1.165, 1.54) is 0 Å². The molecule has 1 aromatic rings. The molecule has 1 aliphatic rings. The SMILES string of the molecule is CCC(Br)C(=O)Nc1ccccc1N1CCOCC1. The number of hydrogen-bond acceptors (Lipinski definition) is 3. The van der Waals surface area contributed by atoms with Gasteiger partial charge in [0, 0.05) is 13.1 Å². The van der Waals surface area contributed by atoms with Gasteiger partial charge in [-0.2, -0.15) is 0 Å². The molecule has 0 aliphatic carbocycles. The van der Waals surface area contributed by atoms with Crippen molar-refractivity contribution in [2.75, 3.05) is 36.5 Å². The van der Waals surface area contributed by atoms with Crippen LogP contribution >= 0.6 is 15.9 Å². The Bertz CT molecular complexity index is 433. The number of nitrogens with zero attached hydrogens (tertiary/aromatic N) is 1. The van der Waals surface area contributed by atoms with Crippen molar-refractivity contribution < 1.29 is 9.53 Å². The Morgan fingerprint density at radius 1 is 1.42 bits per heavy atom. The van der Waals surface area contributed by atoms with Crippen LogP contribution in [-0.4, -0.2) is 37.0 Å². The number of anilines is 2. The molecule has 0 bridgehead atoms. The summed E-state index contributed by atoms with van der Waals surface area (Å²) in [6.07, 6.45) is 0.769. The number of benzene rings is 1. The van der Waals surface area contributed by atoms with Gasteiger partial charge in [-0.15, -0.1) is 0 Å². The lowest BCUT2D eigenvalue weighted by Crippen LogP contribution is -2.37. The molecule has 1 heterocycles. The summed E-state index contributed by atoms with van der Waals surface area (Å²) in [6, 6.07) is 7.91. The first-order chi connectivity index (χ1) is 9.22. The molecule has 1 saturated heterocycles. The van der Waals surface area contributed by atoms with Gasteiger partial charge in [0.2, 0.25) is 5.91 Å². The summed E-state index contributed by atoms with van der Waals surface area (Å²) >= 11 is 3.37. The summed E-state index contributed by atoms with van der Waals surface area (Å²) < 4.78 is 5.36. The van der Waals surface area contributed by atoms with Crippen LogP contribution in [0.1, 0.15) is 13.3 Å². The number of amides is 1. The lowest BCUT2D eigenvalue weighted by molar-refractivity contribution is -0.115. The number of alkyl halides is 1. The van der Waals surface area contributed by atoms with Gasteiger partial charge in [0.25, 0.3) is 0 Å². The van der Waals surface area contributed by atoms with Gasteiger partial charge in [0.15, 0.2) is 0 Å². The molecule has 1 N–H and O–H groups in total. The molecule has 1 atom stereocenters. The maximum atomic E-state index is 12.0. The summed E-state index contributed by atoms with van der Waals surface area (Å²) in [4.78, 5) is 14.1. The maximum absolute atomic E-state index is 12.0. The first-order valence-corrected chi connectivity index (χ1v) is 7.50. The highest BCUT2D eigenvalue weighted by Gasteiger charge is 2.18. The van der Waals surface area contributed by atoms with Crippen LogP contribution in [0, 0.1) is 0 Å². The van der Waals surface area contributed by atoms with Crippen molar-refractivity contribution >= 4 is 33.2 Å². The number of halogens is 1. The van der Waals surface area contributed by atoms with Gasteiger partial charge in [0.1, 0.15) is 0 Å². The molecule has 1 aromatic carbocycles. The van der Waals surface area contributed by atoms with E-state index in [-0.39, 0.29) is 10.7 Å². The number of para-hydroxylation sites is 2. The third kappa shape index (κ3) is 3.70. The zero-order chi connectivity index (χ0) is 13.7. The van der Waals surface area contributed by atoms with E-state index < -0.39 is 0 Å². The highest BCUT2D eigenvalue weighted by Crippen LogP contribution is 2.26. The summed E-state index contributed by atoms with van der Waals surface area (Å²) in [5.74, 6) is 0.00297. The van der Waals surface area contributed by atoms with Crippen LogP contribution in [0.4, 0.5) is 11.4 Å². The van der Waals surface area contributed by atoms with Gasteiger partial charge in [-0.3, -0.25) is 4.79 Å². The second kappa shape index (κ2) is 6.91. The molecule has 0 spiro atoms. The van der Waals surface area contributed by atoms with Crippen LogP contribution < -0.4 is 10.2 Å². The molecule has 0 radical (unpaired) electrons. The molecule has 0 aromatic heterocycles. The summed E-state index contributed by atoms with van der Waals surface area (Å²) in [5.41, 5.74) is 1.93. The summed E-state index contributed by atoms with van der Waals surface area (Å²) in [5, 5.41) is 2.99. The molecule has 19 heavy (non-hydrogen) atoms. The lowest BCUT2D eigenvalue weighted by atomic mass is 10.2. The standard InChI is InChI=1S/C14H19BrN2O2/c1-2-11(15)14(18)16-12-5-3-4-6-13(12)17-7-9-19-10-8-17/h3-6,11H,2,7-10H2,1H3,(H,16,18). The number of carbonyl (C=O) groups excluding carboxylic acids is 1. The van der Waals surface area contributed by atoms with Gasteiger partial charge in [0.05, 0.1) is 29.4 Å². The van der Waals surface area contributed by atoms with E-state index in [0.717, 1.165) is 44.1 Å². The van der Waals surface area contributed by atoms with E-state index in [2.05, 4.69) is 26.1 Å². The second-order valence-electron chi connectivity index (χ2n) is 4.48. The molecular formula is C14H19BrN2O2. The monoisotopic (exact) mass is 326 g/mol. The van der Waals surface area contributed by atoms with Crippen LogP contribution in [0.15, 0.2) is 24.3 Å². The van der Waals surface area contributed by atoms with Crippen molar-refractivity contribution in [2.45, 2.75) is 18.2 Å². The Morgan fingerprint density at radius 3 is 2.79 bits per heavy atom. The number of carbonyl (C=O) groups is 1. The van der Waals surface area contributed by atoms with Crippen molar-refractivity contribution in [3.05, 3.63) is 24.3 Å². The van der Waals surface area contributed by atoms with Crippen molar-refractivity contribution in [1.82, 2.24) is 0 Å². The van der Waals surface area contributed by atoms with Crippen LogP contribution in [0.3, 0.4) is 0 Å². The van der Waals surface area contributed by atoms with E-state index >= 15 is 0 Å². The van der Waals surface area contributed by atoms with Crippen LogP contribution in [0.25, 0.3) is 0 Å². The first kappa shape index (κ1) is 14.3. The van der Waals surface area contributed by atoms with E-state index in [1.54, 1.807) is 0 Å². The Kier molecular flexibility index (Phi) is 5.22. The zero-order valence-electron chi connectivity index (χ0n) is 11.1. The van der Waals surface area contributed by atoms with Crippen LogP contribution in [0.5, 0.6) is 0 Å². The predicted molar refractivity (Wildman–Crippen MR) is 81.1 cm³/mol. The second-order valence-corrected chi connectivity index (χ2v) is 5.59. The smallest absolute Gasteiger partial charge is 0.238 e. The fourth-order valence-electron chi connectivity index (χ4n) is 2.06. The normalized spacial score (nSPS) is 17.1. The Hall–Kier alpha value is -1.07. The zero-order valence-corrected chi connectivity index (χ0v) is 12.6. The minimum absolute atomic E-state index is 0.00297. The third-order valence-electron chi connectivity index (χ3n) is 3.16. The lowest BCUT2D eigenvalue weighted by Gasteiger charge is -2.30. The number of nitrogens with one attached hydrogen (secondary N) is 1. The largest absolute Gasteiger partial charge is 0.378 e. The first-order valence-electron chi connectivity index (χ1n) is 6.59. The number of hydrogen-bond donors (Lipinski definition) is 1. The van der Waals surface area contributed by atoms with Gasteiger partial charge < -0.3 is 15.0 Å². The topological polar surface area (TPSA) is 41.6 Å². The number of morpholine rings is 1. The Labute approximate surface area is 122 Å². The van der Waals surface area contributed by atoms with Crippen molar-refractivity contribution in [3.8, 4) is 0 Å². The van der Waals surface area contributed by atoms with Crippen LogP contribution in [-0.2, 0) is 9.53 Å². The van der Waals surface area contributed by atoms with E-state index in [9.17, 15) is 4.79 Å². The van der Waals surface area contributed by atoms with Gasteiger partial charge in [-0.05, 0) is 18.6 Å². The molecule has 104 valence electrons. The van der Waals surface area contributed by atoms with Crippen LogP contribution in [0.2, 0.25) is 0 Å². The van der Waals surface area contributed by atoms with E-state index in [1.807, 2.05) is 31.2 Å². The van der Waals surface area contributed by atoms with Crippen molar-refractivity contribution in [2.24, 2.45) is 0 Å². The van der Waals surface area contributed by atoms with Gasteiger partial charge >= 0.3 is 0 Å². The van der Waals surface area contributed by atoms with E-state index in [4.69, 9.17) is 4.74 Å². The predicted octanol–water partition coefficient (Wildman–Crippen LogP) is 2.64. The van der Waals surface area contributed by atoms with Crippen molar-refractivity contribution in [3.63, 3.8) is 0 Å². The number of rotatable bonds is 4. The van der Waals surface area contributed by atoms with Crippen molar-refractivity contribution in [1.29, 1.82) is 0 Å². The molecular weight excluding hydrogens is 308 g/mol. The quantitative estimate of drug-likeness (QED) is 0.865. The Balaban J connectivity index is 2.13. The fraction of sp³-hybridized carbons (Fsp3) is 0.500. The highest BCUT2D eigenvalue weighted by molar-refractivity contribution is 9.10. The molecule has 2 rings (SSSR count). The molecule has 1 aliphatic heterocycles. The average molecular weight is 327 g/mol. The van der Waals surface area contributed by atoms with Gasteiger partial charge in [-0.25, -0.2) is 0 Å². The maximum Gasteiger partial charge on any atom is 0.238 e.